The molecule has 25 heavy (non-hydrogen) atoms. The molecule has 1 unspecified atom stereocenters. The minimum Gasteiger partial charge on any atom is -0.504 e. The number of hydrogen-bond acceptors (Lipinski definition) is 6. The van der Waals surface area contributed by atoms with E-state index < -0.39 is 17.5 Å². The van der Waals surface area contributed by atoms with Crippen LogP contribution in [0.4, 0.5) is 0 Å². The molecule has 4 rings (SSSR count). The molecule has 0 amide bonds. The van der Waals surface area contributed by atoms with Crippen molar-refractivity contribution in [3.63, 3.8) is 0 Å². The van der Waals surface area contributed by atoms with Crippen molar-refractivity contribution in [2.75, 3.05) is 13.3 Å². The molecule has 0 aromatic heterocycles. The summed E-state index contributed by atoms with van der Waals surface area (Å²) in [6, 6.07) is 6.61. The number of phenols is 2. The van der Waals surface area contributed by atoms with Crippen molar-refractivity contribution in [1.82, 2.24) is 5.32 Å². The standard InChI is InChI=1S/C18H17NO6/c20-13-2-1-10(16(17(13)21)18(22)23)5-12-11-7-15-14(24-8-25-15)6-9(11)3-4-19-12/h1-2,6-7,12,19-21H,3-5,8H2,(H,22,23). The Kier molecular flexibility index (Phi) is 3.65. The van der Waals surface area contributed by atoms with Crippen molar-refractivity contribution >= 4 is 5.97 Å². The lowest BCUT2D eigenvalue weighted by Gasteiger charge is -2.28. The number of aromatic carboxylic acids is 1. The zero-order chi connectivity index (χ0) is 17.6. The maximum atomic E-state index is 11.5. The number of fused-ring (bicyclic) bond motifs is 2. The van der Waals surface area contributed by atoms with Gasteiger partial charge in [-0.15, -0.1) is 0 Å². The van der Waals surface area contributed by atoms with Crippen LogP contribution < -0.4 is 14.8 Å². The highest BCUT2D eigenvalue weighted by Gasteiger charge is 2.27. The molecule has 0 radical (unpaired) electrons. The summed E-state index contributed by atoms with van der Waals surface area (Å²) < 4.78 is 10.9. The van der Waals surface area contributed by atoms with Gasteiger partial charge in [-0.2, -0.15) is 0 Å². The van der Waals surface area contributed by atoms with Gasteiger partial charge < -0.3 is 30.1 Å². The Balaban J connectivity index is 1.72. The molecule has 0 aliphatic carbocycles. The third kappa shape index (κ3) is 2.62. The normalized spacial score (nSPS) is 18.0. The predicted molar refractivity (Wildman–Crippen MR) is 87.4 cm³/mol. The third-order valence-corrected chi connectivity index (χ3v) is 4.68. The molecule has 7 nitrogen and oxygen atoms in total. The Labute approximate surface area is 143 Å². The summed E-state index contributed by atoms with van der Waals surface area (Å²) in [4.78, 5) is 11.5. The Morgan fingerprint density at radius 3 is 2.72 bits per heavy atom. The number of carboxylic acids is 1. The highest BCUT2D eigenvalue weighted by atomic mass is 16.7. The largest absolute Gasteiger partial charge is 0.504 e. The fourth-order valence-corrected chi connectivity index (χ4v) is 3.46. The molecule has 4 N–H and O–H groups in total. The Morgan fingerprint density at radius 1 is 1.20 bits per heavy atom. The summed E-state index contributed by atoms with van der Waals surface area (Å²) in [5.74, 6) is -0.911. The van der Waals surface area contributed by atoms with E-state index in [9.17, 15) is 20.1 Å². The number of phenolic OH excluding ortho intramolecular Hbond substituents is 1. The lowest BCUT2D eigenvalue weighted by molar-refractivity contribution is 0.0691. The van der Waals surface area contributed by atoms with E-state index in [-0.39, 0.29) is 18.4 Å². The Morgan fingerprint density at radius 2 is 1.96 bits per heavy atom. The summed E-state index contributed by atoms with van der Waals surface area (Å²) in [6.45, 7) is 0.953. The van der Waals surface area contributed by atoms with Crippen molar-refractivity contribution < 1.29 is 29.6 Å². The number of hydrogen-bond donors (Lipinski definition) is 4. The van der Waals surface area contributed by atoms with Gasteiger partial charge in [0.15, 0.2) is 23.0 Å². The van der Waals surface area contributed by atoms with Crippen LogP contribution in [0, 0.1) is 0 Å². The van der Waals surface area contributed by atoms with E-state index in [4.69, 9.17) is 9.47 Å². The molecule has 2 aliphatic heterocycles. The van der Waals surface area contributed by atoms with Crippen LogP contribution in [0.3, 0.4) is 0 Å². The topological polar surface area (TPSA) is 108 Å². The molecular formula is C18H17NO6. The lowest BCUT2D eigenvalue weighted by atomic mass is 9.88. The third-order valence-electron chi connectivity index (χ3n) is 4.68. The van der Waals surface area contributed by atoms with Crippen LogP contribution in [0.15, 0.2) is 24.3 Å². The van der Waals surface area contributed by atoms with Gasteiger partial charge >= 0.3 is 5.97 Å². The van der Waals surface area contributed by atoms with Crippen molar-refractivity contribution in [1.29, 1.82) is 0 Å². The number of benzene rings is 2. The van der Waals surface area contributed by atoms with Gasteiger partial charge in [-0.1, -0.05) is 6.07 Å². The first-order chi connectivity index (χ1) is 12.0. The maximum Gasteiger partial charge on any atom is 0.339 e. The highest BCUT2D eigenvalue weighted by molar-refractivity contribution is 5.93. The average molecular weight is 343 g/mol. The van der Waals surface area contributed by atoms with E-state index in [1.807, 2.05) is 12.1 Å². The molecule has 0 spiro atoms. The van der Waals surface area contributed by atoms with E-state index in [1.54, 1.807) is 0 Å². The summed E-state index contributed by atoms with van der Waals surface area (Å²) in [6.07, 6.45) is 1.21. The minimum absolute atomic E-state index is 0.125. The second-order valence-corrected chi connectivity index (χ2v) is 6.14. The van der Waals surface area contributed by atoms with E-state index in [1.165, 1.54) is 12.1 Å². The molecule has 0 bridgehead atoms. The average Bonchev–Trinajstić information content (AvgIpc) is 3.03. The number of ether oxygens (including phenoxy) is 2. The van der Waals surface area contributed by atoms with Crippen LogP contribution in [-0.4, -0.2) is 34.6 Å². The minimum atomic E-state index is -1.27. The predicted octanol–water partition coefficient (Wildman–Crippen LogP) is 1.95. The first kappa shape index (κ1) is 15.6. The number of aromatic hydroxyl groups is 2. The van der Waals surface area contributed by atoms with Crippen LogP contribution in [0.5, 0.6) is 23.0 Å². The zero-order valence-electron chi connectivity index (χ0n) is 13.3. The number of rotatable bonds is 3. The molecule has 2 aromatic carbocycles. The summed E-state index contributed by atoms with van der Waals surface area (Å²) in [7, 11) is 0. The van der Waals surface area contributed by atoms with E-state index in [0.29, 0.717) is 17.7 Å². The first-order valence-corrected chi connectivity index (χ1v) is 7.97. The SMILES string of the molecule is O=C(O)c1c(CC2NCCc3cc4c(cc32)OCO4)ccc(O)c1O. The van der Waals surface area contributed by atoms with Gasteiger partial charge in [-0.25, -0.2) is 4.79 Å². The quantitative estimate of drug-likeness (QED) is 0.631. The van der Waals surface area contributed by atoms with Crippen LogP contribution in [0.2, 0.25) is 0 Å². The number of nitrogens with one attached hydrogen (secondary N) is 1. The van der Waals surface area contributed by atoms with Gasteiger partial charge in [0.1, 0.15) is 5.56 Å². The summed E-state index contributed by atoms with van der Waals surface area (Å²) in [5.41, 5.74) is 2.34. The highest BCUT2D eigenvalue weighted by Crippen LogP contribution is 2.40. The van der Waals surface area contributed by atoms with Crippen LogP contribution >= 0.6 is 0 Å². The molecule has 2 aromatic rings. The van der Waals surface area contributed by atoms with Crippen LogP contribution in [0.1, 0.15) is 33.1 Å². The summed E-state index contributed by atoms with van der Waals surface area (Å²) >= 11 is 0. The van der Waals surface area contributed by atoms with Crippen molar-refractivity contribution in [2.24, 2.45) is 0 Å². The smallest absolute Gasteiger partial charge is 0.339 e. The Hall–Kier alpha value is -2.93. The van der Waals surface area contributed by atoms with E-state index in [0.717, 1.165) is 29.8 Å². The van der Waals surface area contributed by atoms with Gasteiger partial charge in [0.25, 0.3) is 0 Å². The zero-order valence-corrected chi connectivity index (χ0v) is 13.3. The number of carbonyl (C=O) groups is 1. The van der Waals surface area contributed by atoms with Gasteiger partial charge in [-0.3, -0.25) is 0 Å². The first-order valence-electron chi connectivity index (χ1n) is 7.97. The maximum absolute atomic E-state index is 11.5. The molecule has 0 saturated carbocycles. The van der Waals surface area contributed by atoms with Gasteiger partial charge in [0.05, 0.1) is 0 Å². The second kappa shape index (κ2) is 5.86. The molecule has 2 heterocycles. The van der Waals surface area contributed by atoms with Gasteiger partial charge in [0, 0.05) is 6.04 Å². The summed E-state index contributed by atoms with van der Waals surface area (Å²) in [5, 5.41) is 32.3. The molecule has 0 saturated heterocycles. The molecule has 130 valence electrons. The molecule has 7 heteroatoms. The molecular weight excluding hydrogens is 326 g/mol. The van der Waals surface area contributed by atoms with Gasteiger partial charge in [0.2, 0.25) is 6.79 Å². The van der Waals surface area contributed by atoms with Gasteiger partial charge in [-0.05, 0) is 54.3 Å². The van der Waals surface area contributed by atoms with Crippen LogP contribution in [-0.2, 0) is 12.8 Å². The fourth-order valence-electron chi connectivity index (χ4n) is 3.46. The molecule has 2 aliphatic rings. The lowest BCUT2D eigenvalue weighted by Crippen LogP contribution is -2.31. The Bertz CT molecular complexity index is 863. The monoisotopic (exact) mass is 343 g/mol. The number of carboxylic acid groups (broad SMARTS) is 1. The van der Waals surface area contributed by atoms with Crippen LogP contribution in [0.25, 0.3) is 0 Å². The second-order valence-electron chi connectivity index (χ2n) is 6.14. The van der Waals surface area contributed by atoms with Crippen molar-refractivity contribution in [3.8, 4) is 23.0 Å². The van der Waals surface area contributed by atoms with E-state index in [2.05, 4.69) is 5.32 Å². The van der Waals surface area contributed by atoms with E-state index >= 15 is 0 Å². The van der Waals surface area contributed by atoms with Crippen molar-refractivity contribution in [2.45, 2.75) is 18.9 Å². The molecule has 1 atom stereocenters. The fraction of sp³-hybridized carbons (Fsp3) is 0.278. The van der Waals surface area contributed by atoms with Crippen molar-refractivity contribution in [3.05, 3.63) is 46.5 Å². The molecule has 0 fully saturated rings.